The monoisotopic (exact) mass is 513 g/mol. The Kier molecular flexibility index (Phi) is 7.68. The number of hydrogen-bond acceptors (Lipinski definition) is 4. The smallest absolute Gasteiger partial charge is 0.456 e. The Hall–Kier alpha value is -3.31. The minimum Gasteiger partial charge on any atom is -0.456 e. The molecule has 0 aliphatic heterocycles. The van der Waals surface area contributed by atoms with Gasteiger partial charge in [0, 0.05) is 22.7 Å². The summed E-state index contributed by atoms with van der Waals surface area (Å²) in [4.78, 5) is 3.35. The Morgan fingerprint density at radius 1 is 0.912 bits per heavy atom. The zero-order chi connectivity index (χ0) is 24.9. The molecule has 0 amide bonds. The van der Waals surface area contributed by atoms with Crippen molar-refractivity contribution < 1.29 is 39.3 Å². The van der Waals surface area contributed by atoms with Gasteiger partial charge in [-0.3, -0.25) is 0 Å². The lowest BCUT2D eigenvalue weighted by Gasteiger charge is -2.03. The first-order chi connectivity index (χ1) is 15.9. The van der Waals surface area contributed by atoms with Gasteiger partial charge in [-0.25, -0.2) is 4.99 Å². The molecule has 1 heterocycles. The fourth-order valence-corrected chi connectivity index (χ4v) is 3.56. The first-order valence-electron chi connectivity index (χ1n) is 9.63. The van der Waals surface area contributed by atoms with E-state index in [4.69, 9.17) is 20.2 Å². The summed E-state index contributed by atoms with van der Waals surface area (Å²) in [5.74, 6) is 0.957. The van der Waals surface area contributed by atoms with Crippen molar-refractivity contribution in [1.82, 2.24) is 0 Å². The van der Waals surface area contributed by atoms with Gasteiger partial charge >= 0.3 is 17.4 Å². The number of benzene rings is 3. The second kappa shape index (κ2) is 10.3. The molecule has 1 N–H and O–H groups in total. The highest BCUT2D eigenvalue weighted by Crippen LogP contribution is 2.23. The van der Waals surface area contributed by atoms with Crippen LogP contribution in [-0.4, -0.2) is 21.9 Å². The summed E-state index contributed by atoms with van der Waals surface area (Å²) < 4.78 is 72.5. The molecule has 4 aromatic rings. The lowest BCUT2D eigenvalue weighted by Crippen LogP contribution is -2.70. The van der Waals surface area contributed by atoms with Gasteiger partial charge < -0.3 is 25.9 Å². The molecule has 0 saturated heterocycles. The fraction of sp³-hybridized carbons (Fsp3) is 0.0455. The second-order valence-corrected chi connectivity index (χ2v) is 8.97. The molecule has 0 unspecified atom stereocenters. The standard InChI is InChI=1S/C22H16ClNO4S.BF4/c1-29(25,26)28-18-10-8-17(9-11-18)24-20-14-22(15-5-3-2-4-6-15)27-21-12-7-16(23)13-19(20)21;2-1(3,4)5/h2-14H,1H3;/q;-1/p+1. The first kappa shape index (κ1) is 25.3. The van der Waals surface area contributed by atoms with E-state index in [1.54, 1.807) is 30.3 Å². The van der Waals surface area contributed by atoms with Gasteiger partial charge in [0.25, 0.3) is 0 Å². The molecule has 0 saturated carbocycles. The molecule has 34 heavy (non-hydrogen) atoms. The molecule has 3 aromatic carbocycles. The van der Waals surface area contributed by atoms with Crippen molar-refractivity contribution in [2.24, 2.45) is 0 Å². The van der Waals surface area contributed by atoms with Crippen LogP contribution in [0.25, 0.3) is 22.3 Å². The van der Waals surface area contributed by atoms with Crippen LogP contribution >= 0.6 is 11.6 Å². The average Bonchev–Trinajstić information content (AvgIpc) is 2.74. The van der Waals surface area contributed by atoms with Gasteiger partial charge in [-0.15, -0.1) is 0 Å². The molecule has 0 spiro atoms. The van der Waals surface area contributed by atoms with Crippen LogP contribution in [0.5, 0.6) is 5.75 Å². The molecule has 0 fully saturated rings. The summed E-state index contributed by atoms with van der Waals surface area (Å²) in [5.41, 5.74) is 2.40. The number of nitrogens with one attached hydrogen (secondary N) is 1. The highest BCUT2D eigenvalue weighted by atomic mass is 35.5. The van der Waals surface area contributed by atoms with Crippen molar-refractivity contribution in [3.63, 3.8) is 0 Å². The van der Waals surface area contributed by atoms with Crippen LogP contribution in [-0.2, 0) is 10.1 Å². The first-order valence-corrected chi connectivity index (χ1v) is 11.8. The topological polar surface area (TPSA) is 70.5 Å². The zero-order valence-electron chi connectivity index (χ0n) is 17.5. The third-order valence-corrected chi connectivity index (χ3v) is 4.90. The van der Waals surface area contributed by atoms with Gasteiger partial charge in [-0.2, -0.15) is 8.42 Å². The quantitative estimate of drug-likeness (QED) is 0.244. The highest BCUT2D eigenvalue weighted by Gasteiger charge is 2.20. The lowest BCUT2D eigenvalue weighted by molar-refractivity contribution is -0.400. The number of hydrogen-bond donors (Lipinski definition) is 1. The molecular formula is C22H17BClF4NO4S. The maximum Gasteiger partial charge on any atom is 0.673 e. The van der Waals surface area contributed by atoms with Crippen LogP contribution in [0.4, 0.5) is 23.0 Å². The Balaban J connectivity index is 0.000000588. The third kappa shape index (κ3) is 7.93. The molecule has 1 aromatic heterocycles. The van der Waals surface area contributed by atoms with Gasteiger partial charge in [-0.1, -0.05) is 41.9 Å². The molecule has 0 bridgehead atoms. The van der Waals surface area contributed by atoms with Gasteiger partial charge in [0.2, 0.25) is 11.0 Å². The predicted octanol–water partition coefficient (Wildman–Crippen LogP) is 4.70. The maximum atomic E-state index is 11.3. The van der Waals surface area contributed by atoms with Crippen LogP contribution in [0.1, 0.15) is 0 Å². The minimum absolute atomic E-state index is 0.249. The number of rotatable bonds is 4. The van der Waals surface area contributed by atoms with Crippen molar-refractivity contribution in [3.05, 3.63) is 89.2 Å². The summed E-state index contributed by atoms with van der Waals surface area (Å²) >= 11 is 6.19. The Morgan fingerprint density at radius 2 is 1.53 bits per heavy atom. The average molecular weight is 514 g/mol. The van der Waals surface area contributed by atoms with Crippen molar-refractivity contribution in [3.8, 4) is 17.1 Å². The van der Waals surface area contributed by atoms with Crippen molar-refractivity contribution in [2.45, 2.75) is 0 Å². The summed E-state index contributed by atoms with van der Waals surface area (Å²) in [6.07, 6.45) is 1.01. The van der Waals surface area contributed by atoms with E-state index >= 15 is 0 Å². The summed E-state index contributed by atoms with van der Waals surface area (Å²) in [6, 6.07) is 23.8. The molecule has 0 atom stereocenters. The molecule has 0 aliphatic rings. The summed E-state index contributed by atoms with van der Waals surface area (Å²) in [7, 11) is -9.57. The molecule has 0 aliphatic carbocycles. The van der Waals surface area contributed by atoms with Gasteiger partial charge in [0.15, 0.2) is 0 Å². The Bertz CT molecular complexity index is 1450. The fourth-order valence-electron chi connectivity index (χ4n) is 2.93. The van der Waals surface area contributed by atoms with E-state index in [0.29, 0.717) is 16.4 Å². The lowest BCUT2D eigenvalue weighted by atomic mass is 10.1. The van der Waals surface area contributed by atoms with E-state index < -0.39 is 17.4 Å². The molecule has 0 radical (unpaired) electrons. The molecule has 178 valence electrons. The van der Waals surface area contributed by atoms with E-state index in [9.17, 15) is 25.7 Å². The summed E-state index contributed by atoms with van der Waals surface area (Å²) in [5, 5.41) is 2.23. The largest absolute Gasteiger partial charge is 0.673 e. The van der Waals surface area contributed by atoms with Gasteiger partial charge in [0.1, 0.15) is 17.1 Å². The Morgan fingerprint density at radius 3 is 2.12 bits per heavy atom. The van der Waals surface area contributed by atoms with Gasteiger partial charge in [0.05, 0.1) is 17.7 Å². The predicted molar refractivity (Wildman–Crippen MR) is 123 cm³/mol. The zero-order valence-corrected chi connectivity index (χ0v) is 19.1. The summed E-state index contributed by atoms with van der Waals surface area (Å²) in [6.45, 7) is 0. The third-order valence-electron chi connectivity index (χ3n) is 4.17. The molecule has 12 heteroatoms. The SMILES string of the molecule is CS(=O)(=O)Oc1ccc([NH+]=c2cc(-c3ccccc3)oc3ccc(Cl)cc23)cc1.F[B-](F)(F)F. The van der Waals surface area contributed by atoms with Crippen LogP contribution in [0.15, 0.2) is 83.3 Å². The molecule has 4 rings (SSSR count). The van der Waals surface area contributed by atoms with Crippen LogP contribution in [0, 0.1) is 0 Å². The number of fused-ring (bicyclic) bond motifs is 1. The second-order valence-electron chi connectivity index (χ2n) is 6.96. The minimum atomic E-state index is -6.00. The van der Waals surface area contributed by atoms with Crippen LogP contribution in [0.2, 0.25) is 5.02 Å². The van der Waals surface area contributed by atoms with Crippen molar-refractivity contribution >= 4 is 45.6 Å². The van der Waals surface area contributed by atoms with E-state index in [1.165, 1.54) is 0 Å². The van der Waals surface area contributed by atoms with E-state index in [0.717, 1.165) is 28.3 Å². The molecule has 5 nitrogen and oxygen atoms in total. The van der Waals surface area contributed by atoms with Gasteiger partial charge in [-0.05, 0) is 30.3 Å². The van der Waals surface area contributed by atoms with E-state index in [2.05, 4.69) is 4.99 Å². The van der Waals surface area contributed by atoms with E-state index in [1.807, 2.05) is 48.5 Å². The Labute approximate surface area is 197 Å². The maximum absolute atomic E-state index is 11.3. The number of halogens is 5. The molecular weight excluding hydrogens is 497 g/mol. The van der Waals surface area contributed by atoms with Crippen LogP contribution < -0.4 is 14.5 Å². The van der Waals surface area contributed by atoms with Crippen molar-refractivity contribution in [1.29, 1.82) is 0 Å². The van der Waals surface area contributed by atoms with Crippen molar-refractivity contribution in [2.75, 3.05) is 6.26 Å². The van der Waals surface area contributed by atoms with Crippen LogP contribution in [0.3, 0.4) is 0 Å². The highest BCUT2D eigenvalue weighted by molar-refractivity contribution is 7.86. The normalized spacial score (nSPS) is 12.2. The van der Waals surface area contributed by atoms with E-state index in [-0.39, 0.29) is 5.75 Å².